The first kappa shape index (κ1) is 13.4. The lowest BCUT2D eigenvalue weighted by molar-refractivity contribution is 0.0880. The number of hydrogen-bond acceptors (Lipinski definition) is 4. The summed E-state index contributed by atoms with van der Waals surface area (Å²) in [5.41, 5.74) is 3.06. The Labute approximate surface area is 146 Å². The van der Waals surface area contributed by atoms with Crippen molar-refractivity contribution in [3.8, 4) is 0 Å². The van der Waals surface area contributed by atoms with Crippen molar-refractivity contribution in [3.63, 3.8) is 0 Å². The van der Waals surface area contributed by atoms with E-state index in [1.165, 1.54) is 0 Å². The molecule has 1 aromatic heterocycles. The van der Waals surface area contributed by atoms with Crippen molar-refractivity contribution in [1.29, 1.82) is 0 Å². The van der Waals surface area contributed by atoms with Crippen LogP contribution in [0.2, 0.25) is 0 Å². The Kier molecular flexibility index (Phi) is 2.34. The molecule has 2 aliphatic heterocycles. The van der Waals surface area contributed by atoms with Crippen LogP contribution in [0.1, 0.15) is 32.2 Å². The number of benzene rings is 2. The summed E-state index contributed by atoms with van der Waals surface area (Å²) in [6.45, 7) is 0. The fourth-order valence-corrected chi connectivity index (χ4v) is 5.56. The molecule has 0 fully saturated rings. The molecule has 120 valence electrons. The molecule has 3 aliphatic rings. The van der Waals surface area contributed by atoms with Gasteiger partial charge in [0, 0.05) is 21.4 Å². The monoisotopic (exact) mass is 344 g/mol. The van der Waals surface area contributed by atoms with Gasteiger partial charge in [0.05, 0.1) is 27.6 Å². The lowest BCUT2D eigenvalue weighted by Gasteiger charge is -2.16. The second kappa shape index (κ2) is 4.37. The number of fused-ring (bicyclic) bond motifs is 10. The van der Waals surface area contributed by atoms with Crippen LogP contribution in [0.3, 0.4) is 0 Å². The zero-order chi connectivity index (χ0) is 16.7. The van der Waals surface area contributed by atoms with Gasteiger partial charge in [-0.15, -0.1) is 11.3 Å². The minimum absolute atomic E-state index is 0.0833. The highest BCUT2D eigenvalue weighted by Crippen LogP contribution is 2.51. The Balaban J connectivity index is 1.85. The van der Waals surface area contributed by atoms with Gasteiger partial charge >= 0.3 is 0 Å². The highest BCUT2D eigenvalue weighted by atomic mass is 32.1. The van der Waals surface area contributed by atoms with Gasteiger partial charge in [-0.1, -0.05) is 42.5 Å². The maximum Gasteiger partial charge on any atom is 0.259 e. The Morgan fingerprint density at radius 2 is 1.76 bits per heavy atom. The lowest BCUT2D eigenvalue weighted by Crippen LogP contribution is -2.21. The fraction of sp³-hybridized carbons (Fsp3) is 0.100. The van der Waals surface area contributed by atoms with Crippen LogP contribution >= 0.6 is 11.3 Å². The minimum atomic E-state index is -0.282. The third-order valence-electron chi connectivity index (χ3n) is 5.32. The molecule has 1 aliphatic carbocycles. The largest absolute Gasteiger partial charge is 0.376 e. The van der Waals surface area contributed by atoms with E-state index in [0.717, 1.165) is 31.4 Å². The zero-order valence-electron chi connectivity index (χ0n) is 13.0. The summed E-state index contributed by atoms with van der Waals surface area (Å²) < 4.78 is 2.19. The van der Waals surface area contributed by atoms with Gasteiger partial charge in [0.1, 0.15) is 0 Å². The van der Waals surface area contributed by atoms with E-state index in [2.05, 4.69) is 28.9 Å². The summed E-state index contributed by atoms with van der Waals surface area (Å²) in [4.78, 5) is 25.2. The van der Waals surface area contributed by atoms with Crippen molar-refractivity contribution in [2.24, 2.45) is 0 Å². The molecule has 2 aromatic carbocycles. The quantitative estimate of drug-likeness (QED) is 0.607. The van der Waals surface area contributed by atoms with Crippen LogP contribution in [0.5, 0.6) is 0 Å². The first-order valence-electron chi connectivity index (χ1n) is 8.22. The van der Waals surface area contributed by atoms with E-state index in [-0.39, 0.29) is 23.8 Å². The number of hydrogen-bond donors (Lipinski definition) is 2. The van der Waals surface area contributed by atoms with Gasteiger partial charge in [0.2, 0.25) is 0 Å². The van der Waals surface area contributed by atoms with Gasteiger partial charge in [-0.2, -0.15) is 0 Å². The van der Waals surface area contributed by atoms with Gasteiger partial charge in [0.15, 0.2) is 0 Å². The predicted octanol–water partition coefficient (Wildman–Crippen LogP) is 3.94. The van der Waals surface area contributed by atoms with E-state index in [4.69, 9.17) is 0 Å². The van der Waals surface area contributed by atoms with Gasteiger partial charge in [-0.25, -0.2) is 0 Å². The molecule has 0 radical (unpaired) electrons. The number of imide groups is 1. The second-order valence-corrected chi connectivity index (χ2v) is 7.64. The van der Waals surface area contributed by atoms with E-state index in [0.29, 0.717) is 11.1 Å². The van der Waals surface area contributed by atoms with Crippen LogP contribution in [0.4, 0.5) is 5.69 Å². The molecular weight excluding hydrogens is 332 g/mol. The third-order valence-corrected chi connectivity index (χ3v) is 6.51. The number of nitrogens with one attached hydrogen (secondary N) is 2. The van der Waals surface area contributed by atoms with Crippen LogP contribution in [0, 0.1) is 0 Å². The van der Waals surface area contributed by atoms with E-state index in [1.54, 1.807) is 11.3 Å². The van der Waals surface area contributed by atoms with E-state index in [1.807, 2.05) is 30.4 Å². The van der Waals surface area contributed by atoms with Crippen molar-refractivity contribution in [2.45, 2.75) is 12.0 Å². The fourth-order valence-electron chi connectivity index (χ4n) is 4.33. The van der Waals surface area contributed by atoms with Gasteiger partial charge in [-0.05, 0) is 11.6 Å². The smallest absolute Gasteiger partial charge is 0.259 e. The molecule has 0 saturated carbocycles. The van der Waals surface area contributed by atoms with Crippen LogP contribution in [-0.2, 0) is 0 Å². The number of carbonyl (C=O) groups excluding carboxylic acids is 2. The lowest BCUT2D eigenvalue weighted by atomic mass is 9.86. The van der Waals surface area contributed by atoms with Crippen LogP contribution < -0.4 is 10.6 Å². The molecule has 3 aromatic rings. The molecule has 4 nitrogen and oxygen atoms in total. The van der Waals surface area contributed by atoms with Crippen molar-refractivity contribution < 1.29 is 9.59 Å². The number of amides is 2. The van der Waals surface area contributed by atoms with E-state index >= 15 is 0 Å². The molecule has 2 amide bonds. The summed E-state index contributed by atoms with van der Waals surface area (Å²) in [5.74, 6) is -0.478. The molecule has 0 saturated heterocycles. The number of thiophene rings is 1. The first-order valence-corrected chi connectivity index (χ1v) is 9.04. The average Bonchev–Trinajstić information content (AvgIpc) is 3.26. The highest BCUT2D eigenvalue weighted by Gasteiger charge is 2.42. The topological polar surface area (TPSA) is 58.2 Å². The van der Waals surface area contributed by atoms with Crippen molar-refractivity contribution in [3.05, 3.63) is 65.3 Å². The molecule has 2 atom stereocenters. The molecule has 0 spiro atoms. The molecule has 0 bridgehead atoms. The van der Waals surface area contributed by atoms with Crippen LogP contribution in [0.15, 0.2) is 48.6 Å². The van der Waals surface area contributed by atoms with E-state index in [9.17, 15) is 9.59 Å². The van der Waals surface area contributed by atoms with Crippen molar-refractivity contribution in [1.82, 2.24) is 5.32 Å². The number of rotatable bonds is 0. The summed E-state index contributed by atoms with van der Waals surface area (Å²) >= 11 is 1.68. The van der Waals surface area contributed by atoms with Gasteiger partial charge < -0.3 is 5.32 Å². The van der Waals surface area contributed by atoms with Gasteiger partial charge in [0.25, 0.3) is 11.8 Å². The van der Waals surface area contributed by atoms with Crippen LogP contribution in [0.25, 0.3) is 20.2 Å². The van der Waals surface area contributed by atoms with Crippen molar-refractivity contribution >= 4 is 49.0 Å². The normalized spacial score (nSPS) is 22.9. The maximum absolute atomic E-state index is 12.6. The molecule has 2 N–H and O–H groups in total. The van der Waals surface area contributed by atoms with Crippen LogP contribution in [-0.4, -0.2) is 17.9 Å². The predicted molar refractivity (Wildman–Crippen MR) is 99.6 cm³/mol. The van der Waals surface area contributed by atoms with Gasteiger partial charge in [-0.3, -0.25) is 14.9 Å². The standard InChI is InChI=1S/C20H12N2O2S/c23-19-15-13-9-5-1-3-7-11(9)21-17(13)18-14(16(15)20(24)22-19)10-6-2-4-8-12(10)25-18/h1-9,11,21H,(H,22,23,24). The molecule has 6 rings (SSSR count). The SMILES string of the molecule is O=C1NC(=O)c2c1c1c(c3sc4ccccc4c23)NC2C=CC=CC12. The minimum Gasteiger partial charge on any atom is -0.376 e. The second-order valence-electron chi connectivity index (χ2n) is 6.59. The Morgan fingerprint density at radius 3 is 2.68 bits per heavy atom. The number of carbonyl (C=O) groups is 2. The summed E-state index contributed by atoms with van der Waals surface area (Å²) in [6.07, 6.45) is 8.26. The number of anilines is 1. The molecule has 5 heteroatoms. The molecular formula is C20H12N2O2S. The Bertz CT molecular complexity index is 1200. The maximum atomic E-state index is 12.6. The average molecular weight is 344 g/mol. The molecule has 2 unspecified atom stereocenters. The third kappa shape index (κ3) is 1.52. The highest BCUT2D eigenvalue weighted by molar-refractivity contribution is 7.26. The zero-order valence-corrected chi connectivity index (χ0v) is 13.8. The molecule has 3 heterocycles. The summed E-state index contributed by atoms with van der Waals surface area (Å²) in [7, 11) is 0. The Hall–Kier alpha value is -2.92. The van der Waals surface area contributed by atoms with E-state index < -0.39 is 0 Å². The van der Waals surface area contributed by atoms with Crippen molar-refractivity contribution in [2.75, 3.05) is 5.32 Å². The number of allylic oxidation sites excluding steroid dienone is 2. The summed E-state index contributed by atoms with van der Waals surface area (Å²) in [5, 5.41) is 8.03. The summed E-state index contributed by atoms with van der Waals surface area (Å²) in [6, 6.07) is 8.20. The Morgan fingerprint density at radius 1 is 0.960 bits per heavy atom. The first-order chi connectivity index (χ1) is 12.2. The molecule has 25 heavy (non-hydrogen) atoms.